The number of methoxy groups -OCH3 is 1. The molecule has 1 aromatic rings. The summed E-state index contributed by atoms with van der Waals surface area (Å²) < 4.78 is 10.6. The Kier molecular flexibility index (Phi) is 11.5. The van der Waals surface area contributed by atoms with E-state index >= 15 is 0 Å². The minimum Gasteiger partial charge on any atom is -0.497 e. The van der Waals surface area contributed by atoms with E-state index in [0.717, 1.165) is 50.9 Å². The fourth-order valence-corrected chi connectivity index (χ4v) is 2.59. The Morgan fingerprint density at radius 2 is 1.85 bits per heavy atom. The topological polar surface area (TPSA) is 58.1 Å². The molecule has 0 spiro atoms. The smallest absolute Gasteiger partial charge is 0.191 e. The highest BCUT2D eigenvalue weighted by Gasteiger charge is 2.14. The van der Waals surface area contributed by atoms with Gasteiger partial charge < -0.3 is 25.0 Å². The van der Waals surface area contributed by atoms with Crippen LogP contribution < -0.4 is 15.4 Å². The van der Waals surface area contributed by atoms with Gasteiger partial charge in [0.05, 0.1) is 19.7 Å². The molecule has 0 bridgehead atoms. The molecule has 0 aliphatic heterocycles. The molecule has 6 nitrogen and oxygen atoms in total. The molecule has 0 aliphatic rings. The van der Waals surface area contributed by atoms with E-state index in [1.165, 1.54) is 5.56 Å². The fourth-order valence-electron chi connectivity index (χ4n) is 2.59. The second kappa shape index (κ2) is 13.4. The Balaban J connectivity index is 2.61. The van der Waals surface area contributed by atoms with E-state index in [0.29, 0.717) is 6.54 Å². The van der Waals surface area contributed by atoms with Gasteiger partial charge >= 0.3 is 0 Å². The predicted octanol–water partition coefficient (Wildman–Crippen LogP) is 2.67. The number of nitrogens with zero attached hydrogens (tertiary/aromatic N) is 2. The van der Waals surface area contributed by atoms with Gasteiger partial charge in [-0.2, -0.15) is 0 Å². The summed E-state index contributed by atoms with van der Waals surface area (Å²) >= 11 is 0. The Bertz CT molecular complexity index is 503. The summed E-state index contributed by atoms with van der Waals surface area (Å²) in [7, 11) is 5.85. The summed E-state index contributed by atoms with van der Waals surface area (Å²) in [5.74, 6) is 1.74. The molecule has 1 atom stereocenters. The number of ether oxygens (including phenoxy) is 2. The largest absolute Gasteiger partial charge is 0.497 e. The molecule has 0 saturated carbocycles. The lowest BCUT2D eigenvalue weighted by Gasteiger charge is -2.24. The quantitative estimate of drug-likeness (QED) is 0.339. The number of benzene rings is 1. The molecular weight excluding hydrogens is 328 g/mol. The van der Waals surface area contributed by atoms with Crippen LogP contribution in [0.2, 0.25) is 0 Å². The van der Waals surface area contributed by atoms with Gasteiger partial charge in [0.15, 0.2) is 5.96 Å². The molecule has 148 valence electrons. The van der Waals surface area contributed by atoms with Gasteiger partial charge in [0.25, 0.3) is 0 Å². The zero-order chi connectivity index (χ0) is 19.2. The minimum absolute atomic E-state index is 0.217. The standard InChI is InChI=1S/C20H36N4O2/c1-6-21-20(22-14-8-9-15-26-7-2)23-16-19(24(3)4)17-10-12-18(25-5)13-11-17/h10-13,19H,6-9,14-16H2,1-5H3,(H2,21,22,23). The maximum absolute atomic E-state index is 5.37. The van der Waals surface area contributed by atoms with E-state index in [-0.39, 0.29) is 6.04 Å². The maximum atomic E-state index is 5.37. The molecule has 1 rings (SSSR count). The molecule has 1 aromatic carbocycles. The van der Waals surface area contributed by atoms with Crippen molar-refractivity contribution >= 4 is 5.96 Å². The summed E-state index contributed by atoms with van der Waals surface area (Å²) in [6, 6.07) is 8.42. The molecule has 0 saturated heterocycles. The first kappa shape index (κ1) is 22.3. The zero-order valence-corrected chi connectivity index (χ0v) is 17.0. The Morgan fingerprint density at radius 1 is 1.12 bits per heavy atom. The normalized spacial score (nSPS) is 12.9. The van der Waals surface area contributed by atoms with Crippen LogP contribution in [0.5, 0.6) is 5.75 Å². The first-order chi connectivity index (χ1) is 12.6. The fraction of sp³-hybridized carbons (Fsp3) is 0.650. The van der Waals surface area contributed by atoms with Crippen molar-refractivity contribution in [2.24, 2.45) is 4.99 Å². The third-order valence-corrected chi connectivity index (χ3v) is 4.10. The third kappa shape index (κ3) is 8.54. The molecule has 2 N–H and O–H groups in total. The number of hydrogen-bond acceptors (Lipinski definition) is 4. The molecule has 1 unspecified atom stereocenters. The summed E-state index contributed by atoms with van der Waals surface area (Å²) in [4.78, 5) is 6.97. The van der Waals surface area contributed by atoms with Gasteiger partial charge in [-0.15, -0.1) is 0 Å². The van der Waals surface area contributed by atoms with Crippen LogP contribution in [0.3, 0.4) is 0 Å². The molecule has 6 heteroatoms. The predicted molar refractivity (Wildman–Crippen MR) is 109 cm³/mol. The summed E-state index contributed by atoms with van der Waals surface area (Å²) in [5.41, 5.74) is 1.23. The van der Waals surface area contributed by atoms with Crippen molar-refractivity contribution in [2.75, 3.05) is 54.1 Å². The highest BCUT2D eigenvalue weighted by atomic mass is 16.5. The summed E-state index contributed by atoms with van der Waals surface area (Å²) in [6.07, 6.45) is 2.13. The van der Waals surface area contributed by atoms with Gasteiger partial charge in [-0.05, 0) is 58.5 Å². The lowest BCUT2D eigenvalue weighted by Crippen LogP contribution is -2.38. The first-order valence-electron chi connectivity index (χ1n) is 9.52. The minimum atomic E-state index is 0.217. The molecule has 0 amide bonds. The lowest BCUT2D eigenvalue weighted by molar-refractivity contribution is 0.143. The van der Waals surface area contributed by atoms with Crippen molar-refractivity contribution in [3.05, 3.63) is 29.8 Å². The van der Waals surface area contributed by atoms with Crippen molar-refractivity contribution in [3.8, 4) is 5.75 Å². The van der Waals surface area contributed by atoms with Crippen LogP contribution in [0.4, 0.5) is 0 Å². The Morgan fingerprint density at radius 3 is 2.42 bits per heavy atom. The van der Waals surface area contributed by atoms with Crippen LogP contribution in [0.1, 0.15) is 38.3 Å². The number of guanidine groups is 1. The van der Waals surface area contributed by atoms with Gasteiger partial charge in [0.2, 0.25) is 0 Å². The third-order valence-electron chi connectivity index (χ3n) is 4.10. The van der Waals surface area contributed by atoms with Crippen molar-refractivity contribution in [1.29, 1.82) is 0 Å². The average molecular weight is 365 g/mol. The van der Waals surface area contributed by atoms with Gasteiger partial charge in [-0.25, -0.2) is 0 Å². The van der Waals surface area contributed by atoms with E-state index < -0.39 is 0 Å². The molecule has 0 aliphatic carbocycles. The second-order valence-electron chi connectivity index (χ2n) is 6.30. The monoisotopic (exact) mass is 364 g/mol. The number of aliphatic imine (C=N–C) groups is 1. The molecule has 26 heavy (non-hydrogen) atoms. The van der Waals surface area contributed by atoms with E-state index in [4.69, 9.17) is 14.5 Å². The van der Waals surface area contributed by atoms with Crippen molar-refractivity contribution in [2.45, 2.75) is 32.7 Å². The van der Waals surface area contributed by atoms with E-state index in [9.17, 15) is 0 Å². The SMILES string of the molecule is CCNC(=NCC(c1ccc(OC)cc1)N(C)C)NCCCCOCC. The number of likely N-dealkylation sites (N-methyl/N-ethyl adjacent to an activating group) is 1. The van der Waals surface area contributed by atoms with Crippen LogP contribution in [-0.2, 0) is 4.74 Å². The zero-order valence-electron chi connectivity index (χ0n) is 17.0. The highest BCUT2D eigenvalue weighted by Crippen LogP contribution is 2.21. The molecule has 0 aromatic heterocycles. The summed E-state index contributed by atoms with van der Waals surface area (Å²) in [5, 5.41) is 6.72. The Hall–Kier alpha value is -1.79. The number of hydrogen-bond donors (Lipinski definition) is 2. The molecule has 0 radical (unpaired) electrons. The van der Waals surface area contributed by atoms with Crippen LogP contribution in [0, 0.1) is 0 Å². The van der Waals surface area contributed by atoms with Crippen LogP contribution in [-0.4, -0.2) is 64.9 Å². The molecule has 0 fully saturated rings. The van der Waals surface area contributed by atoms with E-state index in [1.54, 1.807) is 7.11 Å². The number of nitrogens with one attached hydrogen (secondary N) is 2. The second-order valence-corrected chi connectivity index (χ2v) is 6.30. The maximum Gasteiger partial charge on any atom is 0.191 e. The van der Waals surface area contributed by atoms with Gasteiger partial charge in [0, 0.05) is 26.3 Å². The summed E-state index contributed by atoms with van der Waals surface area (Å²) in [6.45, 7) is 8.15. The number of unbranched alkanes of at least 4 members (excludes halogenated alkanes) is 1. The molecule has 0 heterocycles. The van der Waals surface area contributed by atoms with Crippen LogP contribution in [0.15, 0.2) is 29.3 Å². The van der Waals surface area contributed by atoms with E-state index in [1.807, 2.05) is 19.1 Å². The van der Waals surface area contributed by atoms with Gasteiger partial charge in [0.1, 0.15) is 5.75 Å². The number of rotatable bonds is 12. The first-order valence-corrected chi connectivity index (χ1v) is 9.52. The van der Waals surface area contributed by atoms with Crippen molar-refractivity contribution < 1.29 is 9.47 Å². The highest BCUT2D eigenvalue weighted by molar-refractivity contribution is 5.79. The Labute approximate surface area is 159 Å². The lowest BCUT2D eigenvalue weighted by atomic mass is 10.1. The van der Waals surface area contributed by atoms with Crippen molar-refractivity contribution in [3.63, 3.8) is 0 Å². The van der Waals surface area contributed by atoms with Crippen LogP contribution in [0.25, 0.3) is 0 Å². The average Bonchev–Trinajstić information content (AvgIpc) is 2.64. The van der Waals surface area contributed by atoms with Gasteiger partial charge in [-0.3, -0.25) is 4.99 Å². The van der Waals surface area contributed by atoms with Crippen LogP contribution >= 0.6 is 0 Å². The van der Waals surface area contributed by atoms with E-state index in [2.05, 4.69) is 48.7 Å². The van der Waals surface area contributed by atoms with Gasteiger partial charge in [-0.1, -0.05) is 12.1 Å². The van der Waals surface area contributed by atoms with Crippen molar-refractivity contribution in [1.82, 2.24) is 15.5 Å². The molecular formula is C20H36N4O2.